The maximum Gasteiger partial charge on any atom is 0.137 e. The quantitative estimate of drug-likeness (QED) is 0.857. The molecule has 2 rings (SSSR count). The van der Waals surface area contributed by atoms with Crippen molar-refractivity contribution in [1.29, 1.82) is 0 Å². The van der Waals surface area contributed by atoms with E-state index in [0.29, 0.717) is 16.2 Å². The van der Waals surface area contributed by atoms with Gasteiger partial charge in [-0.25, -0.2) is 9.37 Å². The molecule has 1 N–H and O–H groups in total. The summed E-state index contributed by atoms with van der Waals surface area (Å²) >= 11 is 8.91. The number of hydrogen-bond acceptors (Lipinski definition) is 2. The summed E-state index contributed by atoms with van der Waals surface area (Å²) < 4.78 is 13.5. The average Bonchev–Trinajstić information content (AvgIpc) is 2.31. The molecule has 0 saturated heterocycles. The standard InChI is InChI=1S/C12H9BrClFN2/c13-10-5-8(1-2-11(10)15)7-17-9-3-4-16-12(14)6-9/h1-6H,7H2,(H,16,17). The van der Waals surface area contributed by atoms with Crippen LogP contribution in [0.2, 0.25) is 5.15 Å². The van der Waals surface area contributed by atoms with Crippen LogP contribution in [0.1, 0.15) is 5.56 Å². The third-order valence-electron chi connectivity index (χ3n) is 2.21. The van der Waals surface area contributed by atoms with Crippen LogP contribution in [0, 0.1) is 5.82 Å². The van der Waals surface area contributed by atoms with Gasteiger partial charge in [-0.05, 0) is 45.8 Å². The Morgan fingerprint density at radius 1 is 1.29 bits per heavy atom. The lowest BCUT2D eigenvalue weighted by molar-refractivity contribution is 0.620. The fraction of sp³-hybridized carbons (Fsp3) is 0.0833. The van der Waals surface area contributed by atoms with Crippen molar-refractivity contribution >= 4 is 33.2 Å². The van der Waals surface area contributed by atoms with Crippen molar-refractivity contribution in [3.05, 3.63) is 57.5 Å². The van der Waals surface area contributed by atoms with Gasteiger partial charge >= 0.3 is 0 Å². The van der Waals surface area contributed by atoms with Crippen molar-refractivity contribution in [2.45, 2.75) is 6.54 Å². The minimum absolute atomic E-state index is 0.263. The lowest BCUT2D eigenvalue weighted by Crippen LogP contribution is -1.99. The largest absolute Gasteiger partial charge is 0.381 e. The Balaban J connectivity index is 2.05. The Hall–Kier alpha value is -1.13. The van der Waals surface area contributed by atoms with Gasteiger partial charge in [0.2, 0.25) is 0 Å². The Morgan fingerprint density at radius 2 is 2.12 bits per heavy atom. The highest BCUT2D eigenvalue weighted by Crippen LogP contribution is 2.18. The Labute approximate surface area is 112 Å². The normalized spacial score (nSPS) is 10.3. The van der Waals surface area contributed by atoms with E-state index in [1.807, 2.05) is 6.07 Å². The molecule has 0 radical (unpaired) electrons. The Bertz CT molecular complexity index is 534. The van der Waals surface area contributed by atoms with Crippen LogP contribution in [-0.2, 0) is 6.54 Å². The Morgan fingerprint density at radius 3 is 2.82 bits per heavy atom. The summed E-state index contributed by atoms with van der Waals surface area (Å²) in [5, 5.41) is 3.62. The second-order valence-electron chi connectivity index (χ2n) is 3.47. The van der Waals surface area contributed by atoms with E-state index >= 15 is 0 Å². The van der Waals surface area contributed by atoms with Crippen LogP contribution in [-0.4, -0.2) is 4.98 Å². The first-order chi connectivity index (χ1) is 8.15. The molecule has 5 heteroatoms. The molecule has 0 spiro atoms. The third-order valence-corrected chi connectivity index (χ3v) is 3.02. The smallest absolute Gasteiger partial charge is 0.137 e. The number of anilines is 1. The van der Waals surface area contributed by atoms with Crippen LogP contribution in [0.4, 0.5) is 10.1 Å². The molecule has 88 valence electrons. The molecule has 0 amide bonds. The van der Waals surface area contributed by atoms with E-state index in [2.05, 4.69) is 26.2 Å². The molecule has 2 aromatic rings. The van der Waals surface area contributed by atoms with Gasteiger partial charge in [-0.15, -0.1) is 0 Å². The minimum atomic E-state index is -0.263. The maximum atomic E-state index is 13.0. The van der Waals surface area contributed by atoms with Crippen LogP contribution < -0.4 is 5.32 Å². The molecule has 0 bridgehead atoms. The number of halogens is 3. The summed E-state index contributed by atoms with van der Waals surface area (Å²) in [4.78, 5) is 3.89. The molecule has 2 nitrogen and oxygen atoms in total. The van der Waals surface area contributed by atoms with Crippen molar-refractivity contribution in [2.24, 2.45) is 0 Å². The third kappa shape index (κ3) is 3.41. The number of pyridine rings is 1. The predicted octanol–water partition coefficient (Wildman–Crippen LogP) is 4.25. The topological polar surface area (TPSA) is 24.9 Å². The SMILES string of the molecule is Fc1ccc(CNc2ccnc(Cl)c2)cc1Br. The molecular weight excluding hydrogens is 307 g/mol. The minimum Gasteiger partial charge on any atom is -0.381 e. The van der Waals surface area contributed by atoms with Gasteiger partial charge in [-0.2, -0.15) is 0 Å². The first-order valence-corrected chi connectivity index (χ1v) is 6.11. The highest BCUT2D eigenvalue weighted by molar-refractivity contribution is 9.10. The lowest BCUT2D eigenvalue weighted by atomic mass is 10.2. The molecule has 0 fully saturated rings. The highest BCUT2D eigenvalue weighted by Gasteiger charge is 2.00. The predicted molar refractivity (Wildman–Crippen MR) is 70.7 cm³/mol. The number of nitrogens with zero attached hydrogens (tertiary/aromatic N) is 1. The van der Waals surface area contributed by atoms with Gasteiger partial charge < -0.3 is 5.32 Å². The van der Waals surface area contributed by atoms with Crippen LogP contribution in [0.25, 0.3) is 0 Å². The van der Waals surface area contributed by atoms with Crippen molar-refractivity contribution in [2.75, 3.05) is 5.32 Å². The van der Waals surface area contributed by atoms with E-state index in [1.165, 1.54) is 6.07 Å². The average molecular weight is 316 g/mol. The molecule has 0 saturated carbocycles. The number of aromatic nitrogens is 1. The monoisotopic (exact) mass is 314 g/mol. The number of benzene rings is 1. The van der Waals surface area contributed by atoms with E-state index in [-0.39, 0.29) is 5.82 Å². The molecule has 0 unspecified atom stereocenters. The van der Waals surface area contributed by atoms with Gasteiger partial charge in [-0.1, -0.05) is 17.7 Å². The zero-order valence-electron chi connectivity index (χ0n) is 8.75. The van der Waals surface area contributed by atoms with E-state index in [0.717, 1.165) is 11.3 Å². The zero-order chi connectivity index (χ0) is 12.3. The fourth-order valence-electron chi connectivity index (χ4n) is 1.37. The van der Waals surface area contributed by atoms with Gasteiger partial charge in [-0.3, -0.25) is 0 Å². The van der Waals surface area contributed by atoms with Gasteiger partial charge in [0, 0.05) is 18.4 Å². The summed E-state index contributed by atoms with van der Waals surface area (Å²) in [6.45, 7) is 0.596. The van der Waals surface area contributed by atoms with Crippen LogP contribution in [0.5, 0.6) is 0 Å². The van der Waals surface area contributed by atoms with Crippen molar-refractivity contribution in [3.63, 3.8) is 0 Å². The zero-order valence-corrected chi connectivity index (χ0v) is 11.1. The molecule has 0 atom stereocenters. The lowest BCUT2D eigenvalue weighted by Gasteiger charge is -2.07. The molecule has 1 aromatic carbocycles. The number of nitrogens with one attached hydrogen (secondary N) is 1. The van der Waals surface area contributed by atoms with Gasteiger partial charge in [0.05, 0.1) is 4.47 Å². The van der Waals surface area contributed by atoms with E-state index in [1.54, 1.807) is 24.4 Å². The number of hydrogen-bond donors (Lipinski definition) is 1. The summed E-state index contributed by atoms with van der Waals surface area (Å²) in [5.41, 5.74) is 1.86. The maximum absolute atomic E-state index is 13.0. The molecule has 0 aliphatic carbocycles. The molecule has 1 heterocycles. The van der Waals surface area contributed by atoms with Crippen molar-refractivity contribution in [3.8, 4) is 0 Å². The van der Waals surface area contributed by atoms with E-state index < -0.39 is 0 Å². The van der Waals surface area contributed by atoms with Crippen LogP contribution in [0.15, 0.2) is 41.0 Å². The second kappa shape index (κ2) is 5.47. The van der Waals surface area contributed by atoms with E-state index in [9.17, 15) is 4.39 Å². The first kappa shape index (κ1) is 12.3. The van der Waals surface area contributed by atoms with Gasteiger partial charge in [0.1, 0.15) is 11.0 Å². The van der Waals surface area contributed by atoms with Crippen LogP contribution in [0.3, 0.4) is 0 Å². The van der Waals surface area contributed by atoms with Crippen LogP contribution >= 0.6 is 27.5 Å². The summed E-state index contributed by atoms with van der Waals surface area (Å²) in [6, 6.07) is 8.46. The first-order valence-electron chi connectivity index (χ1n) is 4.94. The summed E-state index contributed by atoms with van der Waals surface area (Å²) in [5.74, 6) is -0.263. The summed E-state index contributed by atoms with van der Waals surface area (Å²) in [6.07, 6.45) is 1.63. The summed E-state index contributed by atoms with van der Waals surface area (Å²) in [7, 11) is 0. The highest BCUT2D eigenvalue weighted by atomic mass is 79.9. The molecule has 1 aromatic heterocycles. The van der Waals surface area contributed by atoms with E-state index in [4.69, 9.17) is 11.6 Å². The van der Waals surface area contributed by atoms with Crippen molar-refractivity contribution < 1.29 is 4.39 Å². The number of rotatable bonds is 3. The molecule has 17 heavy (non-hydrogen) atoms. The fourth-order valence-corrected chi connectivity index (χ4v) is 1.97. The van der Waals surface area contributed by atoms with Gasteiger partial charge in [0.25, 0.3) is 0 Å². The van der Waals surface area contributed by atoms with Gasteiger partial charge in [0.15, 0.2) is 0 Å². The molecule has 0 aliphatic rings. The Kier molecular flexibility index (Phi) is 3.97. The van der Waals surface area contributed by atoms with Crippen molar-refractivity contribution in [1.82, 2.24) is 4.98 Å². The second-order valence-corrected chi connectivity index (χ2v) is 4.71. The molecular formula is C12H9BrClFN2. The molecule has 0 aliphatic heterocycles.